The molecule has 0 fully saturated rings. The Morgan fingerprint density at radius 1 is 0.426 bits per heavy atom. The van der Waals surface area contributed by atoms with Gasteiger partial charge in [-0.1, -0.05) is 15.3 Å². The van der Waals surface area contributed by atoms with Crippen molar-refractivity contribution in [1.82, 2.24) is 30.6 Å². The zero-order chi connectivity index (χ0) is 37.6. The summed E-state index contributed by atoms with van der Waals surface area (Å²) < 4.78 is 32.4. The fourth-order valence-corrected chi connectivity index (χ4v) is 4.90. The lowest BCUT2D eigenvalue weighted by Gasteiger charge is -2.09. The van der Waals surface area contributed by atoms with Crippen molar-refractivity contribution in [1.29, 1.82) is 0 Å². The van der Waals surface area contributed by atoms with E-state index in [1.165, 1.54) is 18.2 Å². The molecule has 0 spiro atoms. The maximum absolute atomic E-state index is 13.5. The third-order valence-corrected chi connectivity index (χ3v) is 7.67. The van der Waals surface area contributed by atoms with Crippen LogP contribution < -0.4 is 30.2 Å². The van der Waals surface area contributed by atoms with Crippen LogP contribution >= 0.6 is 0 Å². The summed E-state index contributed by atoms with van der Waals surface area (Å²) in [6, 6.07) is 23.5. The van der Waals surface area contributed by atoms with Crippen molar-refractivity contribution >= 4 is 35.8 Å². The molecule has 7 aromatic rings. The second-order valence-electron chi connectivity index (χ2n) is 11.1. The van der Waals surface area contributed by atoms with Crippen LogP contribution in [0.25, 0.3) is 34.4 Å². The fraction of sp³-hybridized carbons (Fsp3) is 0.0833. The predicted octanol–water partition coefficient (Wildman–Crippen LogP) is 5.62. The molecule has 0 radical (unpaired) electrons. The molecule has 7 rings (SSSR count). The molecule has 18 nitrogen and oxygen atoms in total. The van der Waals surface area contributed by atoms with Gasteiger partial charge in [0.25, 0.3) is 17.7 Å². The van der Waals surface area contributed by atoms with Gasteiger partial charge in [-0.3, -0.25) is 30.3 Å². The largest absolute Gasteiger partial charge is 0.497 e. The standard InChI is InChI=1S/C36H27N9O9/c1-49-25-10-4-19(5-11-25)31-40-43-34(52-31)37-28(46)22-16-23(29(47)38-35-44-41-32(53-35)20-6-12-26(50-2)13-7-20)18-24(17-22)30(48)39-36-45-42-33(54-36)21-8-14-27(51-3)15-9-21/h4-18H,1-3H3,(H,37,43,46)(H,38,44,47)(H,39,45,48). The second-order valence-corrected chi connectivity index (χ2v) is 11.1. The maximum Gasteiger partial charge on any atom is 0.322 e. The van der Waals surface area contributed by atoms with Crippen LogP contribution in [0.3, 0.4) is 0 Å². The summed E-state index contributed by atoms with van der Waals surface area (Å²) in [5, 5.41) is 31.1. The van der Waals surface area contributed by atoms with Crippen LogP contribution in [0.2, 0.25) is 0 Å². The molecule has 3 amide bonds. The summed E-state index contributed by atoms with van der Waals surface area (Å²) in [4.78, 5) is 40.5. The molecule has 0 atom stereocenters. The number of methoxy groups -OCH3 is 3. The molecule has 270 valence electrons. The van der Waals surface area contributed by atoms with Crippen molar-refractivity contribution in [2.45, 2.75) is 0 Å². The zero-order valence-electron chi connectivity index (χ0n) is 28.5. The highest BCUT2D eigenvalue weighted by atomic mass is 16.5. The molecule has 3 heterocycles. The van der Waals surface area contributed by atoms with E-state index in [2.05, 4.69) is 46.5 Å². The first-order valence-electron chi connectivity index (χ1n) is 15.8. The lowest BCUT2D eigenvalue weighted by molar-refractivity contribution is 0.102. The third-order valence-electron chi connectivity index (χ3n) is 7.67. The van der Waals surface area contributed by atoms with E-state index in [4.69, 9.17) is 27.5 Å². The Hall–Kier alpha value is -7.89. The number of carbonyl (C=O) groups is 3. The number of rotatable bonds is 12. The van der Waals surface area contributed by atoms with Crippen molar-refractivity contribution in [2.75, 3.05) is 37.3 Å². The van der Waals surface area contributed by atoms with Gasteiger partial charge in [-0.2, -0.15) is 0 Å². The lowest BCUT2D eigenvalue weighted by Crippen LogP contribution is -2.19. The number of nitrogens with zero attached hydrogens (tertiary/aromatic N) is 6. The van der Waals surface area contributed by atoms with Gasteiger partial charge in [-0.05, 0) is 91.0 Å². The molecule has 0 bridgehead atoms. The van der Waals surface area contributed by atoms with E-state index < -0.39 is 17.7 Å². The van der Waals surface area contributed by atoms with Gasteiger partial charge in [0.2, 0.25) is 17.7 Å². The first-order chi connectivity index (χ1) is 26.3. The van der Waals surface area contributed by atoms with Gasteiger partial charge in [-0.25, -0.2) is 0 Å². The van der Waals surface area contributed by atoms with Crippen molar-refractivity contribution in [2.24, 2.45) is 0 Å². The van der Waals surface area contributed by atoms with E-state index in [-0.39, 0.29) is 52.4 Å². The molecule has 0 aliphatic carbocycles. The molecule has 4 aromatic carbocycles. The van der Waals surface area contributed by atoms with Gasteiger partial charge in [0.05, 0.1) is 21.3 Å². The van der Waals surface area contributed by atoms with Crippen molar-refractivity contribution < 1.29 is 41.8 Å². The van der Waals surface area contributed by atoms with Gasteiger partial charge < -0.3 is 27.5 Å². The molecule has 0 aliphatic heterocycles. The molecule has 0 unspecified atom stereocenters. The highest BCUT2D eigenvalue weighted by Gasteiger charge is 2.22. The van der Waals surface area contributed by atoms with E-state index in [9.17, 15) is 14.4 Å². The average molecular weight is 730 g/mol. The van der Waals surface area contributed by atoms with Crippen LogP contribution in [-0.2, 0) is 0 Å². The summed E-state index contributed by atoms with van der Waals surface area (Å²) in [5.74, 6) is -0.0551. The SMILES string of the molecule is COc1ccc(-c2nnc(NC(=O)c3cc(C(=O)Nc4nnc(-c5ccc(OC)cc5)o4)cc(C(=O)Nc4nnc(-c5ccc(OC)cc5)o4)c3)o2)cc1. The van der Waals surface area contributed by atoms with Crippen LogP contribution in [0.15, 0.2) is 104 Å². The molecule has 54 heavy (non-hydrogen) atoms. The van der Waals surface area contributed by atoms with E-state index >= 15 is 0 Å². The summed E-state index contributed by atoms with van der Waals surface area (Å²) >= 11 is 0. The summed E-state index contributed by atoms with van der Waals surface area (Å²) in [7, 11) is 4.62. The van der Waals surface area contributed by atoms with Crippen LogP contribution in [0.4, 0.5) is 18.0 Å². The van der Waals surface area contributed by atoms with Crippen molar-refractivity contribution in [3.05, 3.63) is 108 Å². The molecule has 0 aliphatic rings. The number of amides is 3. The molecule has 18 heteroatoms. The number of anilines is 3. The number of hydrogen-bond acceptors (Lipinski definition) is 15. The topological polar surface area (TPSA) is 232 Å². The summed E-state index contributed by atoms with van der Waals surface area (Å²) in [6.45, 7) is 0. The fourth-order valence-electron chi connectivity index (χ4n) is 4.90. The van der Waals surface area contributed by atoms with E-state index in [0.717, 1.165) is 0 Å². The number of nitrogens with one attached hydrogen (secondary N) is 3. The maximum atomic E-state index is 13.5. The van der Waals surface area contributed by atoms with Gasteiger partial charge >= 0.3 is 18.0 Å². The Labute approximate surface area is 304 Å². The number of ether oxygens (including phenoxy) is 3. The highest BCUT2D eigenvalue weighted by molar-refractivity contribution is 6.12. The minimum atomic E-state index is -0.775. The summed E-state index contributed by atoms with van der Waals surface area (Å²) in [5.41, 5.74) is 1.37. The van der Waals surface area contributed by atoms with Gasteiger partial charge in [0.1, 0.15) is 17.2 Å². The number of aromatic nitrogens is 6. The Balaban J connectivity index is 1.13. The minimum absolute atomic E-state index is 0.120. The average Bonchev–Trinajstić information content (AvgIpc) is 4.00. The van der Waals surface area contributed by atoms with Gasteiger partial charge in [0, 0.05) is 33.4 Å². The first-order valence-corrected chi connectivity index (χ1v) is 15.8. The van der Waals surface area contributed by atoms with Crippen LogP contribution in [-0.4, -0.2) is 69.6 Å². The molecule has 3 aromatic heterocycles. The molecule has 0 saturated carbocycles. The van der Waals surface area contributed by atoms with E-state index in [0.29, 0.717) is 33.9 Å². The van der Waals surface area contributed by atoms with Crippen LogP contribution in [0.5, 0.6) is 17.2 Å². The van der Waals surface area contributed by atoms with Gasteiger partial charge in [-0.15, -0.1) is 15.3 Å². The Morgan fingerprint density at radius 2 is 0.685 bits per heavy atom. The van der Waals surface area contributed by atoms with Gasteiger partial charge in [0.15, 0.2) is 0 Å². The molecule has 3 N–H and O–H groups in total. The second kappa shape index (κ2) is 15.2. The van der Waals surface area contributed by atoms with E-state index in [1.54, 1.807) is 94.1 Å². The number of hydrogen-bond donors (Lipinski definition) is 3. The molecule has 0 saturated heterocycles. The lowest BCUT2D eigenvalue weighted by atomic mass is 10.0. The normalized spacial score (nSPS) is 10.7. The zero-order valence-corrected chi connectivity index (χ0v) is 28.5. The Kier molecular flexibility index (Phi) is 9.70. The number of benzene rings is 4. The van der Waals surface area contributed by atoms with Crippen molar-refractivity contribution in [3.63, 3.8) is 0 Å². The van der Waals surface area contributed by atoms with Crippen molar-refractivity contribution in [3.8, 4) is 51.6 Å². The monoisotopic (exact) mass is 729 g/mol. The minimum Gasteiger partial charge on any atom is -0.497 e. The third kappa shape index (κ3) is 7.71. The van der Waals surface area contributed by atoms with Crippen LogP contribution in [0.1, 0.15) is 31.1 Å². The Bertz CT molecular complexity index is 2160. The van der Waals surface area contributed by atoms with E-state index in [1.807, 2.05) is 0 Å². The predicted molar refractivity (Wildman–Crippen MR) is 189 cm³/mol. The first kappa shape index (κ1) is 34.6. The highest BCUT2D eigenvalue weighted by Crippen LogP contribution is 2.26. The molecular formula is C36H27N9O9. The van der Waals surface area contributed by atoms with Crippen LogP contribution in [0, 0.1) is 0 Å². The Morgan fingerprint density at radius 3 is 0.926 bits per heavy atom. The quantitative estimate of drug-likeness (QED) is 0.139. The number of carbonyl (C=O) groups excluding carboxylic acids is 3. The molecular weight excluding hydrogens is 702 g/mol. The summed E-state index contributed by atoms with van der Waals surface area (Å²) in [6.07, 6.45) is 0. The smallest absolute Gasteiger partial charge is 0.322 e.